The van der Waals surface area contributed by atoms with Gasteiger partial charge in [0.1, 0.15) is 18.1 Å². The summed E-state index contributed by atoms with van der Waals surface area (Å²) in [5.41, 5.74) is 3.10. The van der Waals surface area contributed by atoms with Gasteiger partial charge in [-0.3, -0.25) is 4.79 Å². The highest BCUT2D eigenvalue weighted by atomic mass is 127. The zero-order chi connectivity index (χ0) is 22.4. The Hall–Kier alpha value is -2.40. The summed E-state index contributed by atoms with van der Waals surface area (Å²) in [4.78, 5) is 24.0. The molecule has 0 spiro atoms. The first kappa shape index (κ1) is 23.3. The van der Waals surface area contributed by atoms with Gasteiger partial charge in [0, 0.05) is 5.56 Å². The first-order chi connectivity index (χ1) is 14.8. The monoisotopic (exact) mass is 639 g/mol. The molecule has 158 valence electrons. The number of rotatable bonds is 7. The lowest BCUT2D eigenvalue weighted by molar-refractivity contribution is -0.132. The van der Waals surface area contributed by atoms with Crippen LogP contribution in [0, 0.1) is 14.1 Å². The Labute approximate surface area is 207 Å². The van der Waals surface area contributed by atoms with Crippen LogP contribution in [-0.2, 0) is 11.4 Å². The van der Waals surface area contributed by atoms with E-state index in [9.17, 15) is 14.7 Å². The number of carboxylic acid groups (broad SMARTS) is 1. The van der Waals surface area contributed by atoms with Gasteiger partial charge >= 0.3 is 5.97 Å². The molecule has 3 aromatic rings. The van der Waals surface area contributed by atoms with E-state index in [0.717, 1.165) is 18.5 Å². The fourth-order valence-electron chi connectivity index (χ4n) is 2.74. The standard InChI is InChI=1S/C24H19I2NO4/c1-15-7-9-16(10-8-15)14-31-22-19(25)11-17(12-20(22)26)13-21(24(29)30)27-23(28)18-5-3-2-4-6-18/h2-13H,14H2,1H3,(H,27,28)(H,29,30). The average molecular weight is 639 g/mol. The van der Waals surface area contributed by atoms with Crippen molar-refractivity contribution in [3.63, 3.8) is 0 Å². The molecule has 7 heteroatoms. The minimum Gasteiger partial charge on any atom is -0.487 e. The van der Waals surface area contributed by atoms with Gasteiger partial charge < -0.3 is 15.2 Å². The molecule has 0 saturated carbocycles. The summed E-state index contributed by atoms with van der Waals surface area (Å²) in [7, 11) is 0. The first-order valence-corrected chi connectivity index (χ1v) is 11.5. The van der Waals surface area contributed by atoms with Crippen LogP contribution >= 0.6 is 45.2 Å². The number of amides is 1. The smallest absolute Gasteiger partial charge is 0.352 e. The maximum Gasteiger partial charge on any atom is 0.352 e. The molecule has 0 saturated heterocycles. The number of benzene rings is 3. The van der Waals surface area contributed by atoms with E-state index in [4.69, 9.17) is 4.74 Å². The molecule has 1 amide bonds. The second-order valence-electron chi connectivity index (χ2n) is 6.77. The van der Waals surface area contributed by atoms with Crippen LogP contribution in [0.1, 0.15) is 27.0 Å². The Kier molecular flexibility index (Phi) is 8.08. The third kappa shape index (κ3) is 6.54. The number of aryl methyl sites for hydroxylation is 1. The highest BCUT2D eigenvalue weighted by Gasteiger charge is 2.15. The van der Waals surface area contributed by atoms with Crippen LogP contribution in [0.3, 0.4) is 0 Å². The highest BCUT2D eigenvalue weighted by molar-refractivity contribution is 14.1. The highest BCUT2D eigenvalue weighted by Crippen LogP contribution is 2.30. The molecule has 5 nitrogen and oxygen atoms in total. The number of hydrogen-bond acceptors (Lipinski definition) is 3. The van der Waals surface area contributed by atoms with Gasteiger partial charge in [-0.25, -0.2) is 4.79 Å². The number of ether oxygens (including phenoxy) is 1. The molecule has 0 radical (unpaired) electrons. The van der Waals surface area contributed by atoms with Crippen molar-refractivity contribution in [2.24, 2.45) is 0 Å². The molecular formula is C24H19I2NO4. The molecule has 0 bridgehead atoms. The maximum atomic E-state index is 12.3. The second kappa shape index (κ2) is 10.8. The van der Waals surface area contributed by atoms with Gasteiger partial charge in [-0.2, -0.15) is 0 Å². The summed E-state index contributed by atoms with van der Waals surface area (Å²) in [5, 5.41) is 12.0. The molecule has 0 heterocycles. The van der Waals surface area contributed by atoms with E-state index in [1.54, 1.807) is 30.3 Å². The van der Waals surface area contributed by atoms with Crippen LogP contribution in [0.15, 0.2) is 72.4 Å². The van der Waals surface area contributed by atoms with Crippen molar-refractivity contribution < 1.29 is 19.4 Å². The number of nitrogens with one attached hydrogen (secondary N) is 1. The van der Waals surface area contributed by atoms with Crippen LogP contribution in [0.25, 0.3) is 6.08 Å². The van der Waals surface area contributed by atoms with Crippen LogP contribution < -0.4 is 10.1 Å². The molecule has 0 fully saturated rings. The number of hydrogen-bond donors (Lipinski definition) is 2. The number of carbonyl (C=O) groups is 2. The van der Waals surface area contributed by atoms with Gasteiger partial charge in [0.25, 0.3) is 5.91 Å². The van der Waals surface area contributed by atoms with Gasteiger partial charge in [-0.1, -0.05) is 48.0 Å². The van der Waals surface area contributed by atoms with Crippen LogP contribution in [-0.4, -0.2) is 17.0 Å². The lowest BCUT2D eigenvalue weighted by Gasteiger charge is -2.12. The summed E-state index contributed by atoms with van der Waals surface area (Å²) in [5.74, 6) is -0.949. The van der Waals surface area contributed by atoms with Crippen molar-refractivity contribution in [3.8, 4) is 5.75 Å². The largest absolute Gasteiger partial charge is 0.487 e. The van der Waals surface area contributed by atoms with Crippen molar-refractivity contribution in [3.05, 3.63) is 102 Å². The summed E-state index contributed by atoms with van der Waals surface area (Å²) >= 11 is 4.33. The van der Waals surface area contributed by atoms with Crippen LogP contribution in [0.5, 0.6) is 5.75 Å². The number of carboxylic acids is 1. The zero-order valence-electron chi connectivity index (χ0n) is 16.6. The lowest BCUT2D eigenvalue weighted by atomic mass is 10.1. The molecule has 0 atom stereocenters. The molecule has 0 aromatic heterocycles. The minimum absolute atomic E-state index is 0.200. The molecule has 0 aliphatic rings. The molecule has 2 N–H and O–H groups in total. The summed E-state index contributed by atoms with van der Waals surface area (Å²) in [6.07, 6.45) is 1.44. The van der Waals surface area contributed by atoms with E-state index in [0.29, 0.717) is 17.7 Å². The number of halogens is 2. The maximum absolute atomic E-state index is 12.3. The molecular weight excluding hydrogens is 620 g/mol. The SMILES string of the molecule is Cc1ccc(COc2c(I)cc(C=C(NC(=O)c3ccccc3)C(=O)O)cc2I)cc1. The van der Waals surface area contributed by atoms with Crippen molar-refractivity contribution in [2.45, 2.75) is 13.5 Å². The predicted molar refractivity (Wildman–Crippen MR) is 137 cm³/mol. The van der Waals surface area contributed by atoms with E-state index < -0.39 is 11.9 Å². The Balaban J connectivity index is 1.79. The normalized spacial score (nSPS) is 11.1. The fraction of sp³-hybridized carbons (Fsp3) is 0.0833. The first-order valence-electron chi connectivity index (χ1n) is 9.32. The quantitative estimate of drug-likeness (QED) is 0.260. The van der Waals surface area contributed by atoms with Crippen LogP contribution in [0.4, 0.5) is 0 Å². The molecule has 0 unspecified atom stereocenters. The van der Waals surface area contributed by atoms with Gasteiger partial charge in [0.15, 0.2) is 0 Å². The lowest BCUT2D eigenvalue weighted by Crippen LogP contribution is -2.27. The molecule has 3 aromatic carbocycles. The zero-order valence-corrected chi connectivity index (χ0v) is 20.9. The Morgan fingerprint density at radius 1 is 1.00 bits per heavy atom. The summed E-state index contributed by atoms with van der Waals surface area (Å²) < 4.78 is 7.70. The van der Waals surface area contributed by atoms with Crippen molar-refractivity contribution in [1.82, 2.24) is 5.32 Å². The Morgan fingerprint density at radius 2 is 1.61 bits per heavy atom. The van der Waals surface area contributed by atoms with Gasteiger partial charge in [0.2, 0.25) is 0 Å². The van der Waals surface area contributed by atoms with Crippen molar-refractivity contribution in [2.75, 3.05) is 0 Å². The molecule has 31 heavy (non-hydrogen) atoms. The summed E-state index contributed by atoms with van der Waals surface area (Å²) in [6.45, 7) is 2.48. The number of carbonyl (C=O) groups excluding carboxylic acids is 1. The number of aliphatic carboxylic acids is 1. The van der Waals surface area contributed by atoms with Crippen molar-refractivity contribution >= 4 is 63.1 Å². The van der Waals surface area contributed by atoms with Gasteiger partial charge in [-0.15, -0.1) is 0 Å². The van der Waals surface area contributed by atoms with E-state index in [2.05, 4.69) is 50.5 Å². The fourth-order valence-corrected chi connectivity index (χ4v) is 4.87. The van der Waals surface area contributed by atoms with Gasteiger partial charge in [-0.05, 0) is 93.6 Å². The third-order valence-electron chi connectivity index (χ3n) is 4.35. The molecule has 3 rings (SSSR count). The summed E-state index contributed by atoms with van der Waals surface area (Å²) in [6, 6.07) is 20.3. The molecule has 0 aliphatic heterocycles. The van der Waals surface area contributed by atoms with E-state index in [1.165, 1.54) is 11.6 Å². The topological polar surface area (TPSA) is 75.6 Å². The second-order valence-corrected chi connectivity index (χ2v) is 9.10. The predicted octanol–water partition coefficient (Wildman–Crippen LogP) is 5.64. The van der Waals surface area contributed by atoms with E-state index >= 15 is 0 Å². The van der Waals surface area contributed by atoms with E-state index in [-0.39, 0.29) is 5.70 Å². The third-order valence-corrected chi connectivity index (χ3v) is 5.95. The van der Waals surface area contributed by atoms with Gasteiger partial charge in [0.05, 0.1) is 7.14 Å². The Morgan fingerprint density at radius 3 is 2.19 bits per heavy atom. The Bertz CT molecular complexity index is 1100. The minimum atomic E-state index is -1.21. The van der Waals surface area contributed by atoms with Crippen LogP contribution in [0.2, 0.25) is 0 Å². The molecule has 0 aliphatic carbocycles. The average Bonchev–Trinajstić information content (AvgIpc) is 2.74. The van der Waals surface area contributed by atoms with Crippen molar-refractivity contribution in [1.29, 1.82) is 0 Å². The van der Waals surface area contributed by atoms with E-state index in [1.807, 2.05) is 43.3 Å².